The molecule has 0 heterocycles. The maximum Gasteiger partial charge on any atom is 0.282 e. The zero-order valence-corrected chi connectivity index (χ0v) is 10.4. The summed E-state index contributed by atoms with van der Waals surface area (Å²) >= 11 is 1.95. The fourth-order valence-electron chi connectivity index (χ4n) is 1.07. The predicted octanol–water partition coefficient (Wildman–Crippen LogP) is 3.19. The molecule has 5 heteroatoms. The van der Waals surface area contributed by atoms with Gasteiger partial charge in [0.25, 0.3) is 5.69 Å². The Labute approximate surface area is 102 Å². The van der Waals surface area contributed by atoms with Crippen LogP contribution < -0.4 is 5.32 Å². The highest BCUT2D eigenvalue weighted by Gasteiger charge is 2.11. The van der Waals surface area contributed by atoms with E-state index in [2.05, 4.69) is 11.9 Å². The maximum absolute atomic E-state index is 10.6. The number of nitro groups is 1. The lowest BCUT2D eigenvalue weighted by molar-refractivity contribution is -0.385. The van der Waals surface area contributed by atoms with Gasteiger partial charge < -0.3 is 5.32 Å². The van der Waals surface area contributed by atoms with E-state index in [0.717, 1.165) is 5.69 Å². The van der Waals surface area contributed by atoms with E-state index < -0.39 is 0 Å². The van der Waals surface area contributed by atoms with Crippen molar-refractivity contribution < 1.29 is 4.92 Å². The van der Waals surface area contributed by atoms with Crippen LogP contribution in [0, 0.1) is 13.7 Å². The topological polar surface area (TPSA) is 55.2 Å². The number of halogens is 1. The van der Waals surface area contributed by atoms with Gasteiger partial charge in [0.15, 0.2) is 0 Å². The van der Waals surface area contributed by atoms with Crippen LogP contribution in [0.25, 0.3) is 0 Å². The molecule has 4 nitrogen and oxygen atoms in total. The molecule has 0 radical (unpaired) electrons. The summed E-state index contributed by atoms with van der Waals surface area (Å²) in [6, 6.07) is 5.08. The van der Waals surface area contributed by atoms with Gasteiger partial charge in [-0.3, -0.25) is 10.1 Å². The highest BCUT2D eigenvalue weighted by molar-refractivity contribution is 14.1. The van der Waals surface area contributed by atoms with Crippen molar-refractivity contribution in [3.63, 3.8) is 0 Å². The van der Waals surface area contributed by atoms with Crippen molar-refractivity contribution in [2.24, 2.45) is 0 Å². The Balaban J connectivity index is 2.91. The molecule has 1 atom stereocenters. The van der Waals surface area contributed by atoms with Crippen molar-refractivity contribution >= 4 is 34.0 Å². The molecule has 0 saturated heterocycles. The molecule has 0 spiro atoms. The molecule has 0 bridgehead atoms. The average Bonchev–Trinajstić information content (AvgIpc) is 2.17. The Hall–Kier alpha value is -1.11. The Morgan fingerprint density at radius 1 is 1.67 bits per heavy atom. The van der Waals surface area contributed by atoms with Crippen LogP contribution in [0.1, 0.15) is 6.92 Å². The number of hydrogen-bond acceptors (Lipinski definition) is 3. The minimum Gasteiger partial charge on any atom is -0.379 e. The van der Waals surface area contributed by atoms with Crippen molar-refractivity contribution in [1.29, 1.82) is 0 Å². The molecule has 15 heavy (non-hydrogen) atoms. The largest absolute Gasteiger partial charge is 0.379 e. The standard InChI is InChI=1S/C10H11IN2O2/c1-3-7(2)12-8-4-5-10(13(14)15)9(11)6-8/h3-7,12H,1H2,2H3. The molecule has 0 saturated carbocycles. The van der Waals surface area contributed by atoms with E-state index in [0.29, 0.717) is 3.57 Å². The summed E-state index contributed by atoms with van der Waals surface area (Å²) in [5.41, 5.74) is 0.991. The molecule has 0 aliphatic heterocycles. The van der Waals surface area contributed by atoms with Crippen LogP contribution in [0.5, 0.6) is 0 Å². The van der Waals surface area contributed by atoms with Crippen molar-refractivity contribution in [2.75, 3.05) is 5.32 Å². The van der Waals surface area contributed by atoms with Gasteiger partial charge in [-0.25, -0.2) is 0 Å². The number of nitrogens with zero attached hydrogens (tertiary/aromatic N) is 1. The summed E-state index contributed by atoms with van der Waals surface area (Å²) in [7, 11) is 0. The summed E-state index contributed by atoms with van der Waals surface area (Å²) in [6.45, 7) is 5.61. The normalized spacial score (nSPS) is 11.9. The molecule has 0 aromatic heterocycles. The molecule has 0 aliphatic rings. The molecule has 0 aliphatic carbocycles. The first-order valence-electron chi connectivity index (χ1n) is 4.37. The fraction of sp³-hybridized carbons (Fsp3) is 0.200. The third-order valence-corrected chi connectivity index (χ3v) is 2.76. The average molecular weight is 318 g/mol. The highest BCUT2D eigenvalue weighted by atomic mass is 127. The second kappa shape index (κ2) is 5.11. The summed E-state index contributed by atoms with van der Waals surface area (Å²) in [6.07, 6.45) is 1.77. The van der Waals surface area contributed by atoms with Gasteiger partial charge in [0, 0.05) is 17.8 Å². The van der Waals surface area contributed by atoms with Crippen LogP contribution in [0.4, 0.5) is 11.4 Å². The van der Waals surface area contributed by atoms with Gasteiger partial charge in [-0.15, -0.1) is 6.58 Å². The summed E-state index contributed by atoms with van der Waals surface area (Å²) in [4.78, 5) is 10.2. The van der Waals surface area contributed by atoms with E-state index in [1.165, 1.54) is 6.07 Å². The van der Waals surface area contributed by atoms with Crippen LogP contribution in [-0.2, 0) is 0 Å². The Morgan fingerprint density at radius 3 is 2.80 bits per heavy atom. The number of hydrogen-bond donors (Lipinski definition) is 1. The van der Waals surface area contributed by atoms with Crippen molar-refractivity contribution in [1.82, 2.24) is 0 Å². The van der Waals surface area contributed by atoms with Crippen molar-refractivity contribution in [3.05, 3.63) is 44.5 Å². The Bertz CT molecular complexity index is 393. The fourth-order valence-corrected chi connectivity index (χ4v) is 1.78. The number of nitrogens with one attached hydrogen (secondary N) is 1. The van der Waals surface area contributed by atoms with E-state index in [9.17, 15) is 10.1 Å². The van der Waals surface area contributed by atoms with Crippen molar-refractivity contribution in [2.45, 2.75) is 13.0 Å². The van der Waals surface area contributed by atoms with E-state index >= 15 is 0 Å². The van der Waals surface area contributed by atoms with E-state index in [1.807, 2.05) is 29.5 Å². The Morgan fingerprint density at radius 2 is 2.33 bits per heavy atom. The first-order chi connectivity index (χ1) is 7.04. The van der Waals surface area contributed by atoms with Gasteiger partial charge in [0.1, 0.15) is 0 Å². The predicted molar refractivity (Wildman–Crippen MR) is 69.1 cm³/mol. The van der Waals surface area contributed by atoms with Crippen LogP contribution >= 0.6 is 22.6 Å². The molecule has 0 amide bonds. The lowest BCUT2D eigenvalue weighted by atomic mass is 10.2. The molecular weight excluding hydrogens is 307 g/mol. The number of anilines is 1. The first kappa shape index (κ1) is 12.0. The lowest BCUT2D eigenvalue weighted by Gasteiger charge is -2.10. The monoisotopic (exact) mass is 318 g/mol. The van der Waals surface area contributed by atoms with Crippen LogP contribution in [0.15, 0.2) is 30.9 Å². The third-order valence-electron chi connectivity index (χ3n) is 1.89. The number of nitro benzene ring substituents is 1. The maximum atomic E-state index is 10.6. The van der Waals surface area contributed by atoms with Crippen LogP contribution in [0.2, 0.25) is 0 Å². The highest BCUT2D eigenvalue weighted by Crippen LogP contribution is 2.24. The second-order valence-corrected chi connectivity index (χ2v) is 4.25. The van der Waals surface area contributed by atoms with Gasteiger partial charge >= 0.3 is 0 Å². The van der Waals surface area contributed by atoms with E-state index in [-0.39, 0.29) is 16.7 Å². The minimum atomic E-state index is -0.386. The smallest absolute Gasteiger partial charge is 0.282 e. The zero-order chi connectivity index (χ0) is 11.4. The summed E-state index contributed by atoms with van der Waals surface area (Å²) in [5, 5.41) is 13.7. The molecule has 1 aromatic rings. The summed E-state index contributed by atoms with van der Waals surface area (Å²) in [5.74, 6) is 0. The third kappa shape index (κ3) is 3.19. The summed E-state index contributed by atoms with van der Waals surface area (Å²) < 4.78 is 0.624. The second-order valence-electron chi connectivity index (χ2n) is 3.09. The molecule has 1 rings (SSSR count). The molecule has 1 aromatic carbocycles. The van der Waals surface area contributed by atoms with Crippen LogP contribution in [-0.4, -0.2) is 11.0 Å². The minimum absolute atomic E-state index is 0.132. The molecule has 1 unspecified atom stereocenters. The quantitative estimate of drug-likeness (QED) is 0.401. The van der Waals surface area contributed by atoms with E-state index in [1.54, 1.807) is 18.2 Å². The van der Waals surface area contributed by atoms with E-state index in [4.69, 9.17) is 0 Å². The van der Waals surface area contributed by atoms with Crippen molar-refractivity contribution in [3.8, 4) is 0 Å². The Kier molecular flexibility index (Phi) is 4.07. The zero-order valence-electron chi connectivity index (χ0n) is 8.24. The molecule has 80 valence electrons. The van der Waals surface area contributed by atoms with Crippen LogP contribution in [0.3, 0.4) is 0 Å². The molecule has 1 N–H and O–H groups in total. The SMILES string of the molecule is C=CC(C)Nc1ccc([N+](=O)[O-])c(I)c1. The first-order valence-corrected chi connectivity index (χ1v) is 5.45. The lowest BCUT2D eigenvalue weighted by Crippen LogP contribution is -2.11. The van der Waals surface area contributed by atoms with Gasteiger partial charge in [-0.05, 0) is 41.6 Å². The molecular formula is C10H11IN2O2. The van der Waals surface area contributed by atoms with Gasteiger partial charge in [-0.2, -0.15) is 0 Å². The van der Waals surface area contributed by atoms with Gasteiger partial charge in [-0.1, -0.05) is 6.08 Å². The number of benzene rings is 1. The van der Waals surface area contributed by atoms with Gasteiger partial charge in [0.2, 0.25) is 0 Å². The number of rotatable bonds is 4. The molecule has 0 fully saturated rings. The van der Waals surface area contributed by atoms with Gasteiger partial charge in [0.05, 0.1) is 8.49 Å².